The summed E-state index contributed by atoms with van der Waals surface area (Å²) in [4.78, 5) is 0. The second kappa shape index (κ2) is 5.36. The van der Waals surface area contributed by atoms with Gasteiger partial charge >= 0.3 is 0 Å². The second-order valence-corrected chi connectivity index (χ2v) is 4.99. The number of fused-ring (bicyclic) bond motifs is 1. The smallest absolute Gasteiger partial charge is 0.161 e. The van der Waals surface area contributed by atoms with Crippen LogP contribution in [0.3, 0.4) is 0 Å². The molecule has 0 bridgehead atoms. The van der Waals surface area contributed by atoms with Crippen LogP contribution in [0.5, 0.6) is 11.5 Å². The average Bonchev–Trinajstić information content (AvgIpc) is 2.47. The fraction of sp³-hybridized carbons (Fsp3) is 0.571. The fourth-order valence-corrected chi connectivity index (χ4v) is 2.58. The van der Waals surface area contributed by atoms with Crippen molar-refractivity contribution in [3.8, 4) is 11.5 Å². The first-order valence-corrected chi connectivity index (χ1v) is 6.74. The van der Waals surface area contributed by atoms with Crippen LogP contribution in [-0.4, -0.2) is 39.0 Å². The summed E-state index contributed by atoms with van der Waals surface area (Å²) in [6.45, 7) is 5.63. The number of aryl methyl sites for hydroxylation is 1. The SMILES string of the molecule is Cc1cc2c(cc1C(N)C1CNCCO1)OCCO2. The maximum absolute atomic E-state index is 6.34. The van der Waals surface area contributed by atoms with Crippen molar-refractivity contribution in [3.63, 3.8) is 0 Å². The summed E-state index contributed by atoms with van der Waals surface area (Å²) in [7, 11) is 0. The highest BCUT2D eigenvalue weighted by Gasteiger charge is 2.25. The van der Waals surface area contributed by atoms with Crippen molar-refractivity contribution in [2.75, 3.05) is 32.9 Å². The molecule has 0 spiro atoms. The van der Waals surface area contributed by atoms with E-state index < -0.39 is 0 Å². The van der Waals surface area contributed by atoms with Gasteiger partial charge in [0, 0.05) is 13.1 Å². The lowest BCUT2D eigenvalue weighted by Crippen LogP contribution is -2.44. The number of rotatable bonds is 2. The summed E-state index contributed by atoms with van der Waals surface area (Å²) >= 11 is 0. The first-order valence-electron chi connectivity index (χ1n) is 6.74. The first kappa shape index (κ1) is 12.7. The monoisotopic (exact) mass is 264 g/mol. The molecule has 104 valence electrons. The third kappa shape index (κ3) is 2.54. The Hall–Kier alpha value is -1.30. The predicted octanol–water partition coefficient (Wildman–Crippen LogP) is 0.754. The molecule has 5 heteroatoms. The molecule has 19 heavy (non-hydrogen) atoms. The molecule has 0 radical (unpaired) electrons. The molecule has 5 nitrogen and oxygen atoms in total. The van der Waals surface area contributed by atoms with E-state index in [2.05, 4.69) is 5.32 Å². The number of hydrogen-bond donors (Lipinski definition) is 2. The van der Waals surface area contributed by atoms with Crippen LogP contribution in [-0.2, 0) is 4.74 Å². The number of hydrogen-bond acceptors (Lipinski definition) is 5. The van der Waals surface area contributed by atoms with Gasteiger partial charge in [-0.05, 0) is 30.2 Å². The molecule has 1 saturated heterocycles. The van der Waals surface area contributed by atoms with Gasteiger partial charge in [-0.2, -0.15) is 0 Å². The fourth-order valence-electron chi connectivity index (χ4n) is 2.58. The lowest BCUT2D eigenvalue weighted by molar-refractivity contribution is 0.0120. The Morgan fingerprint density at radius 3 is 2.63 bits per heavy atom. The standard InChI is InChI=1S/C14H20N2O3/c1-9-6-11-12(19-5-4-18-11)7-10(9)14(15)13-8-16-2-3-17-13/h6-7,13-14,16H,2-5,8,15H2,1H3. The summed E-state index contributed by atoms with van der Waals surface area (Å²) in [6, 6.07) is 3.84. The van der Waals surface area contributed by atoms with E-state index in [1.165, 1.54) is 0 Å². The Balaban J connectivity index is 1.86. The normalized spacial score (nSPS) is 24.0. The third-order valence-electron chi connectivity index (χ3n) is 3.65. The maximum Gasteiger partial charge on any atom is 0.161 e. The minimum absolute atomic E-state index is 0.00927. The number of morpholine rings is 1. The minimum Gasteiger partial charge on any atom is -0.486 e. The highest BCUT2D eigenvalue weighted by Crippen LogP contribution is 2.35. The summed E-state index contributed by atoms with van der Waals surface area (Å²) < 4.78 is 16.9. The van der Waals surface area contributed by atoms with Crippen LogP contribution in [0.1, 0.15) is 17.2 Å². The van der Waals surface area contributed by atoms with Crippen LogP contribution >= 0.6 is 0 Å². The van der Waals surface area contributed by atoms with Crippen molar-refractivity contribution < 1.29 is 14.2 Å². The molecular weight excluding hydrogens is 244 g/mol. The Labute approximate surface area is 113 Å². The third-order valence-corrected chi connectivity index (χ3v) is 3.65. The Morgan fingerprint density at radius 1 is 1.21 bits per heavy atom. The van der Waals surface area contributed by atoms with Crippen LogP contribution in [0, 0.1) is 6.92 Å². The van der Waals surface area contributed by atoms with E-state index >= 15 is 0 Å². The Morgan fingerprint density at radius 2 is 1.95 bits per heavy atom. The van der Waals surface area contributed by atoms with Gasteiger partial charge in [0.1, 0.15) is 13.2 Å². The van der Waals surface area contributed by atoms with Gasteiger partial charge in [0.2, 0.25) is 0 Å². The van der Waals surface area contributed by atoms with E-state index in [0.29, 0.717) is 19.8 Å². The molecule has 0 aliphatic carbocycles. The molecule has 3 rings (SSSR count). The van der Waals surface area contributed by atoms with Gasteiger partial charge in [0.05, 0.1) is 18.8 Å². The topological polar surface area (TPSA) is 65.7 Å². The quantitative estimate of drug-likeness (QED) is 0.825. The van der Waals surface area contributed by atoms with Crippen molar-refractivity contribution in [1.82, 2.24) is 5.32 Å². The van der Waals surface area contributed by atoms with Crippen molar-refractivity contribution in [2.45, 2.75) is 19.1 Å². The molecule has 2 atom stereocenters. The summed E-state index contributed by atoms with van der Waals surface area (Å²) in [6.07, 6.45) is 0.00927. The molecule has 1 fully saturated rings. The van der Waals surface area contributed by atoms with Crippen molar-refractivity contribution in [1.29, 1.82) is 0 Å². The molecule has 0 saturated carbocycles. The van der Waals surface area contributed by atoms with Crippen LogP contribution in [0.15, 0.2) is 12.1 Å². The summed E-state index contributed by atoms with van der Waals surface area (Å²) in [5, 5.41) is 3.31. The van der Waals surface area contributed by atoms with Crippen molar-refractivity contribution in [3.05, 3.63) is 23.3 Å². The number of nitrogens with two attached hydrogens (primary N) is 1. The highest BCUT2D eigenvalue weighted by atomic mass is 16.6. The zero-order chi connectivity index (χ0) is 13.2. The minimum atomic E-state index is -0.149. The van der Waals surface area contributed by atoms with Crippen molar-refractivity contribution >= 4 is 0 Å². The van der Waals surface area contributed by atoms with Crippen LogP contribution in [0.4, 0.5) is 0 Å². The number of nitrogens with one attached hydrogen (secondary N) is 1. The summed E-state index contributed by atoms with van der Waals surface area (Å²) in [5.74, 6) is 1.59. The number of ether oxygens (including phenoxy) is 3. The van der Waals surface area contributed by atoms with Gasteiger partial charge in [-0.3, -0.25) is 0 Å². The van der Waals surface area contributed by atoms with Crippen LogP contribution < -0.4 is 20.5 Å². The van der Waals surface area contributed by atoms with Gasteiger partial charge in [-0.15, -0.1) is 0 Å². The molecule has 3 N–H and O–H groups in total. The molecule has 1 aromatic rings. The van der Waals surface area contributed by atoms with Crippen LogP contribution in [0.25, 0.3) is 0 Å². The highest BCUT2D eigenvalue weighted by molar-refractivity contribution is 5.49. The molecular formula is C14H20N2O3. The van der Waals surface area contributed by atoms with Gasteiger partial charge in [-0.1, -0.05) is 0 Å². The Kier molecular flexibility index (Phi) is 3.59. The zero-order valence-corrected chi connectivity index (χ0v) is 11.1. The lowest BCUT2D eigenvalue weighted by atomic mass is 9.96. The molecule has 2 aliphatic heterocycles. The average molecular weight is 264 g/mol. The number of benzene rings is 1. The molecule has 2 aliphatic rings. The second-order valence-electron chi connectivity index (χ2n) is 4.99. The van der Waals surface area contributed by atoms with E-state index in [1.54, 1.807) is 0 Å². The van der Waals surface area contributed by atoms with E-state index in [1.807, 2.05) is 19.1 Å². The maximum atomic E-state index is 6.34. The molecule has 0 amide bonds. The predicted molar refractivity (Wildman–Crippen MR) is 71.7 cm³/mol. The van der Waals surface area contributed by atoms with Gasteiger partial charge in [0.25, 0.3) is 0 Å². The van der Waals surface area contributed by atoms with E-state index in [9.17, 15) is 0 Å². The molecule has 2 unspecified atom stereocenters. The molecule has 1 aromatic carbocycles. The van der Waals surface area contributed by atoms with Crippen LogP contribution in [0.2, 0.25) is 0 Å². The molecule has 0 aromatic heterocycles. The first-order chi connectivity index (χ1) is 9.25. The van der Waals surface area contributed by atoms with Gasteiger partial charge < -0.3 is 25.3 Å². The molecule has 2 heterocycles. The van der Waals surface area contributed by atoms with E-state index in [0.717, 1.165) is 35.7 Å². The Bertz CT molecular complexity index is 458. The zero-order valence-electron chi connectivity index (χ0n) is 11.1. The van der Waals surface area contributed by atoms with E-state index in [4.69, 9.17) is 19.9 Å². The van der Waals surface area contributed by atoms with E-state index in [-0.39, 0.29) is 12.1 Å². The summed E-state index contributed by atoms with van der Waals surface area (Å²) in [5.41, 5.74) is 8.53. The van der Waals surface area contributed by atoms with Gasteiger partial charge in [0.15, 0.2) is 11.5 Å². The largest absolute Gasteiger partial charge is 0.486 e. The van der Waals surface area contributed by atoms with Crippen molar-refractivity contribution in [2.24, 2.45) is 5.73 Å². The lowest BCUT2D eigenvalue weighted by Gasteiger charge is -2.30. The van der Waals surface area contributed by atoms with Gasteiger partial charge in [-0.25, -0.2) is 0 Å².